The van der Waals surface area contributed by atoms with Crippen LogP contribution in [0.4, 0.5) is 5.69 Å². The molecule has 0 aliphatic heterocycles. The maximum atomic E-state index is 11.6. The van der Waals surface area contributed by atoms with Gasteiger partial charge >= 0.3 is 5.97 Å². The quantitative estimate of drug-likeness (QED) is 0.844. The first kappa shape index (κ1) is 15.3. The van der Waals surface area contributed by atoms with Crippen molar-refractivity contribution in [1.29, 1.82) is 0 Å². The van der Waals surface area contributed by atoms with Crippen molar-refractivity contribution >= 4 is 29.2 Å². The molecule has 1 aromatic carbocycles. The smallest absolute Gasteiger partial charge is 0.308 e. The van der Waals surface area contributed by atoms with E-state index in [2.05, 4.69) is 5.32 Å². The monoisotopic (exact) mass is 285 g/mol. The third kappa shape index (κ3) is 4.79. The average Bonchev–Trinajstić information content (AvgIpc) is 2.36. The summed E-state index contributed by atoms with van der Waals surface area (Å²) in [5, 5.41) is 3.04. The molecule has 104 valence electrons. The number of methoxy groups -OCH3 is 1. The van der Waals surface area contributed by atoms with E-state index < -0.39 is 11.9 Å². The zero-order valence-electron chi connectivity index (χ0n) is 11.0. The Kier molecular flexibility index (Phi) is 5.63. The summed E-state index contributed by atoms with van der Waals surface area (Å²) < 4.78 is 9.90. The van der Waals surface area contributed by atoms with Crippen LogP contribution in [0.2, 0.25) is 5.02 Å². The lowest BCUT2D eigenvalue weighted by Gasteiger charge is -2.11. The summed E-state index contributed by atoms with van der Waals surface area (Å²) >= 11 is 5.83. The molecule has 0 saturated carbocycles. The SMILES string of the molecule is COc1ccc(Cl)cc1NC(=O)COC(=O)C(C)C. The minimum Gasteiger partial charge on any atom is -0.495 e. The maximum Gasteiger partial charge on any atom is 0.308 e. The second-order valence-electron chi connectivity index (χ2n) is 4.16. The van der Waals surface area contributed by atoms with Gasteiger partial charge in [0.05, 0.1) is 18.7 Å². The van der Waals surface area contributed by atoms with E-state index in [0.717, 1.165) is 0 Å². The highest BCUT2D eigenvalue weighted by atomic mass is 35.5. The molecule has 0 aromatic heterocycles. The molecule has 0 aliphatic rings. The molecular weight excluding hydrogens is 270 g/mol. The maximum absolute atomic E-state index is 11.6. The van der Waals surface area contributed by atoms with Gasteiger partial charge in [-0.05, 0) is 18.2 Å². The highest BCUT2D eigenvalue weighted by molar-refractivity contribution is 6.31. The first-order valence-electron chi connectivity index (χ1n) is 5.74. The Labute approximate surface area is 116 Å². The van der Waals surface area contributed by atoms with Gasteiger partial charge < -0.3 is 14.8 Å². The summed E-state index contributed by atoms with van der Waals surface area (Å²) in [5.74, 6) is -0.663. The Morgan fingerprint density at radius 2 is 2.05 bits per heavy atom. The normalized spacial score (nSPS) is 10.2. The fraction of sp³-hybridized carbons (Fsp3) is 0.385. The van der Waals surface area contributed by atoms with E-state index in [9.17, 15) is 9.59 Å². The van der Waals surface area contributed by atoms with E-state index >= 15 is 0 Å². The van der Waals surface area contributed by atoms with Crippen LogP contribution in [0.1, 0.15) is 13.8 Å². The average molecular weight is 286 g/mol. The number of carbonyl (C=O) groups is 2. The predicted molar refractivity (Wildman–Crippen MR) is 72.4 cm³/mol. The highest BCUT2D eigenvalue weighted by Gasteiger charge is 2.13. The largest absolute Gasteiger partial charge is 0.495 e. The first-order valence-corrected chi connectivity index (χ1v) is 6.12. The van der Waals surface area contributed by atoms with E-state index in [-0.39, 0.29) is 12.5 Å². The number of hydrogen-bond donors (Lipinski definition) is 1. The molecule has 1 N–H and O–H groups in total. The van der Waals surface area contributed by atoms with Crippen LogP contribution < -0.4 is 10.1 Å². The fourth-order valence-corrected chi connectivity index (χ4v) is 1.44. The van der Waals surface area contributed by atoms with Crippen molar-refractivity contribution in [3.8, 4) is 5.75 Å². The summed E-state index contributed by atoms with van der Waals surface area (Å²) in [6.07, 6.45) is 0. The molecule has 6 heteroatoms. The minimum absolute atomic E-state index is 0.270. The summed E-state index contributed by atoms with van der Waals surface area (Å²) in [5.41, 5.74) is 0.431. The molecule has 19 heavy (non-hydrogen) atoms. The van der Waals surface area contributed by atoms with Crippen LogP contribution >= 0.6 is 11.6 Å². The van der Waals surface area contributed by atoms with Crippen molar-refractivity contribution in [2.75, 3.05) is 19.0 Å². The van der Waals surface area contributed by atoms with Gasteiger partial charge in [-0.15, -0.1) is 0 Å². The number of amides is 1. The molecule has 0 fully saturated rings. The molecule has 1 amide bonds. The van der Waals surface area contributed by atoms with Crippen LogP contribution in [0.5, 0.6) is 5.75 Å². The Morgan fingerprint density at radius 1 is 1.37 bits per heavy atom. The van der Waals surface area contributed by atoms with Gasteiger partial charge in [0.15, 0.2) is 6.61 Å². The van der Waals surface area contributed by atoms with E-state index in [1.807, 2.05) is 0 Å². The van der Waals surface area contributed by atoms with Crippen molar-refractivity contribution < 1.29 is 19.1 Å². The second kappa shape index (κ2) is 6.99. The molecule has 0 radical (unpaired) electrons. The van der Waals surface area contributed by atoms with E-state index in [1.165, 1.54) is 7.11 Å². The Bertz CT molecular complexity index is 474. The van der Waals surface area contributed by atoms with Crippen LogP contribution in [-0.2, 0) is 14.3 Å². The highest BCUT2D eigenvalue weighted by Crippen LogP contribution is 2.27. The summed E-state index contributed by atoms with van der Waals surface area (Å²) in [7, 11) is 1.48. The van der Waals surface area contributed by atoms with E-state index in [0.29, 0.717) is 16.5 Å². The molecule has 0 bridgehead atoms. The van der Waals surface area contributed by atoms with Crippen molar-refractivity contribution in [3.63, 3.8) is 0 Å². The minimum atomic E-state index is -0.449. The van der Waals surface area contributed by atoms with Crippen molar-refractivity contribution in [2.45, 2.75) is 13.8 Å². The molecular formula is C13H16ClNO4. The molecule has 0 unspecified atom stereocenters. The Hall–Kier alpha value is -1.75. The van der Waals surface area contributed by atoms with Crippen LogP contribution in [0.25, 0.3) is 0 Å². The summed E-state index contributed by atoms with van der Waals surface area (Å²) in [6.45, 7) is 3.05. The first-order chi connectivity index (χ1) is 8.93. The molecule has 0 aliphatic carbocycles. The van der Waals surface area contributed by atoms with Gasteiger partial charge in [0.25, 0.3) is 5.91 Å². The van der Waals surface area contributed by atoms with Crippen molar-refractivity contribution in [2.24, 2.45) is 5.92 Å². The summed E-state index contributed by atoms with van der Waals surface area (Å²) in [6, 6.07) is 4.84. The Morgan fingerprint density at radius 3 is 2.63 bits per heavy atom. The van der Waals surface area contributed by atoms with Crippen molar-refractivity contribution in [1.82, 2.24) is 0 Å². The number of rotatable bonds is 5. The zero-order valence-corrected chi connectivity index (χ0v) is 11.8. The van der Waals surface area contributed by atoms with Crippen LogP contribution in [0, 0.1) is 5.92 Å². The number of anilines is 1. The molecule has 1 rings (SSSR count). The lowest BCUT2D eigenvalue weighted by atomic mass is 10.2. The van der Waals surface area contributed by atoms with E-state index in [4.69, 9.17) is 21.1 Å². The molecule has 0 heterocycles. The van der Waals surface area contributed by atoms with Gasteiger partial charge in [0.2, 0.25) is 0 Å². The predicted octanol–water partition coefficient (Wildman–Crippen LogP) is 2.49. The van der Waals surface area contributed by atoms with Gasteiger partial charge in [-0.2, -0.15) is 0 Å². The molecule has 5 nitrogen and oxygen atoms in total. The molecule has 0 spiro atoms. The molecule has 0 saturated heterocycles. The third-order valence-electron chi connectivity index (χ3n) is 2.25. The van der Waals surface area contributed by atoms with E-state index in [1.54, 1.807) is 32.0 Å². The lowest BCUT2D eigenvalue weighted by molar-refractivity contribution is -0.150. The number of carbonyl (C=O) groups excluding carboxylic acids is 2. The number of esters is 1. The number of ether oxygens (including phenoxy) is 2. The third-order valence-corrected chi connectivity index (χ3v) is 2.49. The zero-order chi connectivity index (χ0) is 14.4. The lowest BCUT2D eigenvalue weighted by Crippen LogP contribution is -2.23. The number of hydrogen-bond acceptors (Lipinski definition) is 4. The molecule has 0 atom stereocenters. The molecule has 1 aromatic rings. The number of halogens is 1. The van der Waals surface area contributed by atoms with Crippen LogP contribution in [-0.4, -0.2) is 25.6 Å². The van der Waals surface area contributed by atoms with Gasteiger partial charge in [-0.1, -0.05) is 25.4 Å². The van der Waals surface area contributed by atoms with Gasteiger partial charge in [0, 0.05) is 5.02 Å². The topological polar surface area (TPSA) is 64.6 Å². The standard InChI is InChI=1S/C13H16ClNO4/c1-8(2)13(17)19-7-12(16)15-10-6-9(14)4-5-11(10)18-3/h4-6,8H,7H2,1-3H3,(H,15,16). The summed E-state index contributed by atoms with van der Waals surface area (Å²) in [4.78, 5) is 22.9. The van der Waals surface area contributed by atoms with Crippen LogP contribution in [0.15, 0.2) is 18.2 Å². The second-order valence-corrected chi connectivity index (χ2v) is 4.59. The van der Waals surface area contributed by atoms with Gasteiger partial charge in [-0.3, -0.25) is 9.59 Å². The Balaban J connectivity index is 2.62. The van der Waals surface area contributed by atoms with Crippen molar-refractivity contribution in [3.05, 3.63) is 23.2 Å². The number of benzene rings is 1. The van der Waals surface area contributed by atoms with Gasteiger partial charge in [0.1, 0.15) is 5.75 Å². The number of nitrogens with one attached hydrogen (secondary N) is 1. The fourth-order valence-electron chi connectivity index (χ4n) is 1.27. The van der Waals surface area contributed by atoms with Crippen LogP contribution in [0.3, 0.4) is 0 Å². The van der Waals surface area contributed by atoms with Gasteiger partial charge in [-0.25, -0.2) is 0 Å².